The predicted molar refractivity (Wildman–Crippen MR) is 223 cm³/mol. The highest BCUT2D eigenvalue weighted by Crippen LogP contribution is 2.61. The van der Waals surface area contributed by atoms with E-state index in [1.54, 1.807) is 0 Å². The fraction of sp³-hybridized carbons (Fsp3) is 0.100. The van der Waals surface area contributed by atoms with Crippen molar-refractivity contribution in [3.63, 3.8) is 0 Å². The molecule has 5 nitrogen and oxygen atoms in total. The first-order valence-electron chi connectivity index (χ1n) is 19.0. The molecular formula is C50H35N5. The fourth-order valence-electron chi connectivity index (χ4n) is 9.44. The molecule has 2 aromatic heterocycles. The number of anilines is 2. The van der Waals surface area contributed by atoms with Crippen molar-refractivity contribution in [2.45, 2.75) is 31.2 Å². The van der Waals surface area contributed by atoms with E-state index in [4.69, 9.17) is 9.97 Å². The molecule has 0 saturated carbocycles. The van der Waals surface area contributed by atoms with Crippen molar-refractivity contribution in [1.82, 2.24) is 14.5 Å². The van der Waals surface area contributed by atoms with Gasteiger partial charge in [-0.2, -0.15) is 5.26 Å². The van der Waals surface area contributed by atoms with Crippen molar-refractivity contribution in [2.24, 2.45) is 0 Å². The molecule has 3 heterocycles. The maximum absolute atomic E-state index is 9.83. The van der Waals surface area contributed by atoms with E-state index in [-0.39, 0.29) is 11.5 Å². The molecule has 6 aromatic carbocycles. The Morgan fingerprint density at radius 2 is 1.42 bits per heavy atom. The van der Waals surface area contributed by atoms with Crippen LogP contribution >= 0.6 is 0 Å². The third-order valence-electron chi connectivity index (χ3n) is 11.9. The summed E-state index contributed by atoms with van der Waals surface area (Å²) in [6.07, 6.45) is 11.3. The molecule has 2 aliphatic carbocycles. The molecule has 5 heteroatoms. The number of rotatable bonds is 4. The van der Waals surface area contributed by atoms with Crippen molar-refractivity contribution in [3.05, 3.63) is 185 Å². The van der Waals surface area contributed by atoms with Gasteiger partial charge in [0.2, 0.25) is 5.95 Å². The maximum atomic E-state index is 9.83. The number of aromatic nitrogens is 3. The van der Waals surface area contributed by atoms with E-state index in [0.717, 1.165) is 41.1 Å². The summed E-state index contributed by atoms with van der Waals surface area (Å²) in [5.41, 5.74) is 12.3. The average Bonchev–Trinajstić information content (AvgIpc) is 3.73. The molecule has 0 radical (unpaired) electrons. The summed E-state index contributed by atoms with van der Waals surface area (Å²) >= 11 is 0. The van der Waals surface area contributed by atoms with Crippen LogP contribution in [0.15, 0.2) is 152 Å². The lowest BCUT2D eigenvalue weighted by Gasteiger charge is -2.39. The summed E-state index contributed by atoms with van der Waals surface area (Å²) in [6, 6.07) is 51.2. The minimum atomic E-state index is -0.361. The first-order chi connectivity index (χ1) is 27.1. The Kier molecular flexibility index (Phi) is 6.87. The zero-order valence-corrected chi connectivity index (χ0v) is 30.3. The molecule has 3 aliphatic rings. The zero-order chi connectivity index (χ0) is 36.7. The number of nitriles is 1. The van der Waals surface area contributed by atoms with Crippen molar-refractivity contribution in [1.29, 1.82) is 5.26 Å². The molecular weight excluding hydrogens is 671 g/mol. The van der Waals surface area contributed by atoms with E-state index >= 15 is 0 Å². The highest BCUT2D eigenvalue weighted by molar-refractivity contribution is 6.14. The van der Waals surface area contributed by atoms with Crippen LogP contribution < -0.4 is 4.90 Å². The van der Waals surface area contributed by atoms with Gasteiger partial charge in [0.15, 0.2) is 0 Å². The lowest BCUT2D eigenvalue weighted by molar-refractivity contribution is 0.481. The van der Waals surface area contributed by atoms with Crippen LogP contribution in [0.1, 0.15) is 53.0 Å². The molecule has 0 amide bonds. The molecule has 2 unspecified atom stereocenters. The quantitative estimate of drug-likeness (QED) is 0.171. The number of benzene rings is 6. The van der Waals surface area contributed by atoms with E-state index in [9.17, 15) is 5.26 Å². The van der Waals surface area contributed by atoms with Crippen LogP contribution in [0.2, 0.25) is 0 Å². The molecule has 1 aliphatic heterocycles. The van der Waals surface area contributed by atoms with Gasteiger partial charge in [-0.05, 0) is 83.5 Å². The summed E-state index contributed by atoms with van der Waals surface area (Å²) in [5, 5.41) is 14.8. The topological polar surface area (TPSA) is 57.7 Å². The van der Waals surface area contributed by atoms with Crippen LogP contribution in [0.4, 0.5) is 11.4 Å². The monoisotopic (exact) mass is 705 g/mol. The van der Waals surface area contributed by atoms with Gasteiger partial charge in [-0.15, -0.1) is 0 Å². The normalized spacial score (nSPS) is 17.8. The molecule has 2 atom stereocenters. The van der Waals surface area contributed by atoms with Gasteiger partial charge in [-0.1, -0.05) is 127 Å². The van der Waals surface area contributed by atoms with E-state index in [0.29, 0.717) is 11.5 Å². The number of nitrogens with zero attached hydrogens (tertiary/aromatic N) is 5. The SMILES string of the molecule is CC12C=Cc3c4c(n(-c5nc(-c6ccccc6)cc(-c6cccc(C#N)c6)n5)c3C1N(c1cc3ccccc3c3ccccc13)c1ccccc12)C=CCC4. The van der Waals surface area contributed by atoms with E-state index in [1.807, 2.05) is 42.5 Å². The third-order valence-corrected chi connectivity index (χ3v) is 11.9. The standard InChI is InChI=1S/C50H35N5/c1-50-27-26-40-39-22-9-11-24-44(39)55(49-52-42(33-15-3-2-4-16-33)30-43(53-49)35-18-13-14-32(28-35)31-51)47(40)48(50)54(45-25-12-10-23-41(45)50)46-29-34-17-5-6-19-36(34)37-20-7-8-21-38(37)46/h2-8,10-21,23-30,48H,9,22H2,1H3. The lowest BCUT2D eigenvalue weighted by Crippen LogP contribution is -2.36. The highest BCUT2D eigenvalue weighted by atomic mass is 15.3. The van der Waals surface area contributed by atoms with E-state index < -0.39 is 0 Å². The molecule has 0 fully saturated rings. The molecule has 0 saturated heterocycles. The fourth-order valence-corrected chi connectivity index (χ4v) is 9.44. The summed E-state index contributed by atoms with van der Waals surface area (Å²) in [7, 11) is 0. The molecule has 0 bridgehead atoms. The van der Waals surface area contributed by atoms with Gasteiger partial charge in [-0.25, -0.2) is 9.97 Å². The third kappa shape index (κ3) is 4.65. The average molecular weight is 706 g/mol. The Morgan fingerprint density at radius 3 is 2.27 bits per heavy atom. The Balaban J connectivity index is 1.23. The number of fused-ring (bicyclic) bond motifs is 10. The number of para-hydroxylation sites is 1. The first-order valence-corrected chi connectivity index (χ1v) is 19.0. The molecule has 55 heavy (non-hydrogen) atoms. The Morgan fingerprint density at radius 1 is 0.691 bits per heavy atom. The smallest absolute Gasteiger partial charge is 0.235 e. The number of hydrogen-bond donors (Lipinski definition) is 0. The van der Waals surface area contributed by atoms with Gasteiger partial charge >= 0.3 is 0 Å². The van der Waals surface area contributed by atoms with Gasteiger partial charge in [0.05, 0.1) is 46.1 Å². The second-order valence-electron chi connectivity index (χ2n) is 15.0. The van der Waals surface area contributed by atoms with Crippen LogP contribution in [0.3, 0.4) is 0 Å². The van der Waals surface area contributed by atoms with Crippen molar-refractivity contribution in [2.75, 3.05) is 4.90 Å². The molecule has 11 rings (SSSR count). The highest BCUT2D eigenvalue weighted by Gasteiger charge is 2.52. The first kappa shape index (κ1) is 31.5. The summed E-state index contributed by atoms with van der Waals surface area (Å²) in [4.78, 5) is 13.4. The zero-order valence-electron chi connectivity index (χ0n) is 30.3. The van der Waals surface area contributed by atoms with Gasteiger partial charge in [0.25, 0.3) is 0 Å². The predicted octanol–water partition coefficient (Wildman–Crippen LogP) is 11.9. The number of hydrogen-bond acceptors (Lipinski definition) is 4. The molecule has 0 spiro atoms. The summed E-state index contributed by atoms with van der Waals surface area (Å²) < 4.78 is 2.36. The van der Waals surface area contributed by atoms with Crippen molar-refractivity contribution >= 4 is 45.1 Å². The summed E-state index contributed by atoms with van der Waals surface area (Å²) in [5.74, 6) is 0.625. The van der Waals surface area contributed by atoms with Crippen molar-refractivity contribution in [3.8, 4) is 34.5 Å². The van der Waals surface area contributed by atoms with E-state index in [1.165, 1.54) is 55.3 Å². The van der Waals surface area contributed by atoms with E-state index in [2.05, 4.69) is 144 Å². The minimum Gasteiger partial charge on any atom is -0.330 e. The number of allylic oxidation sites excluding steroid dienone is 1. The second kappa shape index (κ2) is 12.0. The van der Waals surface area contributed by atoms with Gasteiger partial charge in [0.1, 0.15) is 0 Å². The Bertz CT molecular complexity index is 2980. The lowest BCUT2D eigenvalue weighted by atomic mass is 9.72. The van der Waals surface area contributed by atoms with Crippen LogP contribution in [0.5, 0.6) is 0 Å². The van der Waals surface area contributed by atoms with Crippen LogP contribution in [-0.4, -0.2) is 14.5 Å². The van der Waals surface area contributed by atoms with Gasteiger partial charge in [0, 0.05) is 33.2 Å². The second-order valence-corrected chi connectivity index (χ2v) is 15.0. The van der Waals surface area contributed by atoms with Crippen LogP contribution in [0.25, 0.3) is 62.2 Å². The molecule has 0 N–H and O–H groups in total. The van der Waals surface area contributed by atoms with Gasteiger partial charge < -0.3 is 4.90 Å². The minimum absolute atomic E-state index is 0.109. The summed E-state index contributed by atoms with van der Waals surface area (Å²) in [6.45, 7) is 2.39. The van der Waals surface area contributed by atoms with Crippen LogP contribution in [0, 0.1) is 11.3 Å². The van der Waals surface area contributed by atoms with Gasteiger partial charge in [-0.3, -0.25) is 4.57 Å². The Labute approximate surface area is 319 Å². The van der Waals surface area contributed by atoms with Crippen LogP contribution in [-0.2, 0) is 11.8 Å². The van der Waals surface area contributed by atoms with Crippen molar-refractivity contribution < 1.29 is 0 Å². The molecule has 8 aromatic rings. The largest absolute Gasteiger partial charge is 0.330 e. The molecule has 260 valence electrons. The maximum Gasteiger partial charge on any atom is 0.235 e. The Hall–Kier alpha value is -7.03.